The Balaban J connectivity index is 2.60. The molecule has 6 heteroatoms. The van der Waals surface area contributed by atoms with Gasteiger partial charge in [0.2, 0.25) is 0 Å². The smallest absolute Gasteiger partial charge is 0.326 e. The van der Waals surface area contributed by atoms with Gasteiger partial charge < -0.3 is 20.5 Å². The van der Waals surface area contributed by atoms with Crippen molar-refractivity contribution in [1.29, 1.82) is 0 Å². The van der Waals surface area contributed by atoms with Gasteiger partial charge in [-0.1, -0.05) is 20.8 Å². The summed E-state index contributed by atoms with van der Waals surface area (Å²) in [6.07, 6.45) is 1.71. The van der Waals surface area contributed by atoms with E-state index in [4.69, 9.17) is 9.84 Å². The molecule has 0 saturated carbocycles. The zero-order chi connectivity index (χ0) is 14.7. The molecule has 0 bridgehead atoms. The first kappa shape index (κ1) is 15.8. The van der Waals surface area contributed by atoms with Crippen LogP contribution >= 0.6 is 0 Å². The average Bonchev–Trinajstić information content (AvgIpc) is 2.24. The van der Waals surface area contributed by atoms with E-state index in [0.717, 1.165) is 12.8 Å². The molecule has 1 heterocycles. The van der Waals surface area contributed by atoms with Crippen LogP contribution in [0.3, 0.4) is 0 Å². The summed E-state index contributed by atoms with van der Waals surface area (Å²) in [6, 6.07) is -1.39. The Labute approximate surface area is 113 Å². The van der Waals surface area contributed by atoms with E-state index < -0.39 is 29.0 Å². The maximum absolute atomic E-state index is 11.9. The van der Waals surface area contributed by atoms with Crippen molar-refractivity contribution in [3.8, 4) is 0 Å². The normalized spacial score (nSPS) is 25.5. The molecule has 2 amide bonds. The summed E-state index contributed by atoms with van der Waals surface area (Å²) in [5.74, 6) is -1.03. The van der Waals surface area contributed by atoms with Crippen LogP contribution in [0.5, 0.6) is 0 Å². The predicted molar refractivity (Wildman–Crippen MR) is 71.0 cm³/mol. The highest BCUT2D eigenvalue weighted by molar-refractivity contribution is 5.83. The fourth-order valence-corrected chi connectivity index (χ4v) is 2.12. The zero-order valence-corrected chi connectivity index (χ0v) is 12.1. The maximum Gasteiger partial charge on any atom is 0.326 e. The van der Waals surface area contributed by atoms with Crippen molar-refractivity contribution in [3.63, 3.8) is 0 Å². The predicted octanol–water partition coefficient (Wildman–Crippen LogP) is 1.35. The van der Waals surface area contributed by atoms with E-state index in [1.54, 1.807) is 20.8 Å². The molecule has 0 aromatic carbocycles. The van der Waals surface area contributed by atoms with Gasteiger partial charge in [0.05, 0.1) is 12.1 Å². The van der Waals surface area contributed by atoms with Gasteiger partial charge >= 0.3 is 12.0 Å². The lowest BCUT2D eigenvalue weighted by molar-refractivity contribution is -0.141. The van der Waals surface area contributed by atoms with E-state index in [-0.39, 0.29) is 0 Å². The first-order valence-corrected chi connectivity index (χ1v) is 6.53. The number of carbonyl (C=O) groups excluding carboxylic acids is 1. The van der Waals surface area contributed by atoms with Crippen LogP contribution in [0.25, 0.3) is 0 Å². The van der Waals surface area contributed by atoms with Crippen molar-refractivity contribution < 1.29 is 19.4 Å². The van der Waals surface area contributed by atoms with Gasteiger partial charge in [0, 0.05) is 6.61 Å². The van der Waals surface area contributed by atoms with Gasteiger partial charge in [-0.15, -0.1) is 0 Å². The molecule has 1 rings (SSSR count). The van der Waals surface area contributed by atoms with Crippen molar-refractivity contribution in [2.75, 3.05) is 13.2 Å². The van der Waals surface area contributed by atoms with Gasteiger partial charge in [0.15, 0.2) is 0 Å². The number of rotatable bonds is 3. The maximum atomic E-state index is 11.9. The fourth-order valence-electron chi connectivity index (χ4n) is 2.12. The topological polar surface area (TPSA) is 87.7 Å². The first-order chi connectivity index (χ1) is 8.64. The molecule has 0 spiro atoms. The van der Waals surface area contributed by atoms with Crippen molar-refractivity contribution in [1.82, 2.24) is 10.6 Å². The van der Waals surface area contributed by atoms with Crippen LogP contribution in [-0.2, 0) is 9.53 Å². The number of carboxylic acids is 1. The molecule has 1 aliphatic rings. The molecule has 1 saturated heterocycles. The number of hydrogen-bond acceptors (Lipinski definition) is 3. The number of nitrogens with one attached hydrogen (secondary N) is 2. The Morgan fingerprint density at radius 3 is 2.42 bits per heavy atom. The second-order valence-corrected chi connectivity index (χ2v) is 6.45. The third-order valence-corrected chi connectivity index (χ3v) is 3.24. The highest BCUT2D eigenvalue weighted by atomic mass is 16.5. The van der Waals surface area contributed by atoms with Crippen molar-refractivity contribution in [2.45, 2.75) is 52.1 Å². The third-order valence-electron chi connectivity index (χ3n) is 3.24. The molecule has 2 atom stereocenters. The Morgan fingerprint density at radius 1 is 1.37 bits per heavy atom. The average molecular weight is 272 g/mol. The summed E-state index contributed by atoms with van der Waals surface area (Å²) in [5, 5.41) is 14.5. The number of ether oxygens (including phenoxy) is 1. The highest BCUT2D eigenvalue weighted by Crippen LogP contribution is 2.21. The van der Waals surface area contributed by atoms with Crippen LogP contribution in [0, 0.1) is 5.41 Å². The van der Waals surface area contributed by atoms with Crippen LogP contribution in [0.2, 0.25) is 0 Å². The number of carbonyl (C=O) groups is 2. The molecule has 6 nitrogen and oxygen atoms in total. The zero-order valence-electron chi connectivity index (χ0n) is 12.1. The van der Waals surface area contributed by atoms with Crippen molar-refractivity contribution in [3.05, 3.63) is 0 Å². The lowest BCUT2D eigenvalue weighted by Gasteiger charge is -2.35. The van der Waals surface area contributed by atoms with Gasteiger partial charge in [0.25, 0.3) is 0 Å². The van der Waals surface area contributed by atoms with Gasteiger partial charge in [0.1, 0.15) is 6.04 Å². The largest absolute Gasteiger partial charge is 0.480 e. The van der Waals surface area contributed by atoms with Crippen LogP contribution in [-0.4, -0.2) is 41.9 Å². The quantitative estimate of drug-likeness (QED) is 0.723. The fraction of sp³-hybridized carbons (Fsp3) is 0.846. The van der Waals surface area contributed by atoms with Crippen LogP contribution < -0.4 is 10.6 Å². The summed E-state index contributed by atoms with van der Waals surface area (Å²) in [6.45, 7) is 8.39. The van der Waals surface area contributed by atoms with Crippen molar-refractivity contribution in [2.24, 2.45) is 5.41 Å². The van der Waals surface area contributed by atoms with E-state index in [9.17, 15) is 9.59 Å². The van der Waals surface area contributed by atoms with E-state index in [1.807, 2.05) is 6.92 Å². The summed E-state index contributed by atoms with van der Waals surface area (Å²) >= 11 is 0. The Morgan fingerprint density at radius 2 is 2.00 bits per heavy atom. The van der Waals surface area contributed by atoms with E-state index >= 15 is 0 Å². The number of hydrogen-bond donors (Lipinski definition) is 3. The Kier molecular flexibility index (Phi) is 4.79. The summed E-state index contributed by atoms with van der Waals surface area (Å²) in [4.78, 5) is 23.1. The number of amides is 2. The first-order valence-electron chi connectivity index (χ1n) is 6.53. The van der Waals surface area contributed by atoms with Gasteiger partial charge in [-0.05, 0) is 25.2 Å². The Bertz CT molecular complexity index is 343. The van der Waals surface area contributed by atoms with Gasteiger partial charge in [-0.2, -0.15) is 0 Å². The minimum Gasteiger partial charge on any atom is -0.480 e. The lowest BCUT2D eigenvalue weighted by Crippen LogP contribution is -2.59. The molecule has 0 radical (unpaired) electrons. The summed E-state index contributed by atoms with van der Waals surface area (Å²) < 4.78 is 5.35. The molecule has 0 aromatic rings. The number of aliphatic carboxylic acids is 1. The Hall–Kier alpha value is -1.30. The van der Waals surface area contributed by atoms with E-state index in [0.29, 0.717) is 13.2 Å². The molecule has 1 unspecified atom stereocenters. The number of carboxylic acid groups (broad SMARTS) is 1. The molecule has 19 heavy (non-hydrogen) atoms. The van der Waals surface area contributed by atoms with Crippen molar-refractivity contribution >= 4 is 12.0 Å². The molecule has 3 N–H and O–H groups in total. The second-order valence-electron chi connectivity index (χ2n) is 6.45. The molecular formula is C13H24N2O4. The molecule has 1 fully saturated rings. The minimum absolute atomic E-state index is 0.427. The molecule has 0 aliphatic carbocycles. The molecular weight excluding hydrogens is 248 g/mol. The molecule has 110 valence electrons. The van der Waals surface area contributed by atoms with Crippen LogP contribution in [0.4, 0.5) is 4.79 Å². The highest BCUT2D eigenvalue weighted by Gasteiger charge is 2.35. The molecule has 1 aliphatic heterocycles. The van der Waals surface area contributed by atoms with E-state index in [1.165, 1.54) is 0 Å². The van der Waals surface area contributed by atoms with Crippen LogP contribution in [0.1, 0.15) is 40.5 Å². The SMILES string of the molecule is CC1(NC(=O)N[C@H](C(=O)O)C(C)(C)C)CCCOC1. The minimum atomic E-state index is -1.03. The number of urea groups is 1. The van der Waals surface area contributed by atoms with Crippen LogP contribution in [0.15, 0.2) is 0 Å². The summed E-state index contributed by atoms with van der Waals surface area (Å²) in [5.41, 5.74) is -0.976. The third kappa shape index (κ3) is 4.70. The van der Waals surface area contributed by atoms with Gasteiger partial charge in [-0.3, -0.25) is 0 Å². The lowest BCUT2D eigenvalue weighted by atomic mass is 9.87. The van der Waals surface area contributed by atoms with E-state index in [2.05, 4.69) is 10.6 Å². The second kappa shape index (κ2) is 5.77. The monoisotopic (exact) mass is 272 g/mol. The standard InChI is InChI=1S/C13H24N2O4/c1-12(2,3)9(10(16)17)14-11(18)15-13(4)6-5-7-19-8-13/h9H,5-8H2,1-4H3,(H,16,17)(H2,14,15,18)/t9-,13?/m1/s1. The van der Waals surface area contributed by atoms with Gasteiger partial charge in [-0.25, -0.2) is 9.59 Å². The molecule has 0 aromatic heterocycles. The summed E-state index contributed by atoms with van der Waals surface area (Å²) in [7, 11) is 0.